The Morgan fingerprint density at radius 1 is 1.09 bits per heavy atom. The van der Waals surface area contributed by atoms with Gasteiger partial charge < -0.3 is 9.30 Å². The van der Waals surface area contributed by atoms with E-state index in [2.05, 4.69) is 4.98 Å². The summed E-state index contributed by atoms with van der Waals surface area (Å²) >= 11 is 0. The molecule has 4 aromatic rings. The predicted molar refractivity (Wildman–Crippen MR) is 114 cm³/mol. The van der Waals surface area contributed by atoms with E-state index in [1.54, 1.807) is 24.3 Å². The van der Waals surface area contributed by atoms with Crippen molar-refractivity contribution in [2.24, 2.45) is 0 Å². The third-order valence-corrected chi connectivity index (χ3v) is 5.68. The zero-order chi connectivity index (χ0) is 22.2. The highest BCUT2D eigenvalue weighted by molar-refractivity contribution is 5.72. The Labute approximate surface area is 181 Å². The van der Waals surface area contributed by atoms with E-state index in [4.69, 9.17) is 4.74 Å². The Bertz CT molecular complexity index is 1400. The summed E-state index contributed by atoms with van der Waals surface area (Å²) in [7, 11) is 0. The van der Waals surface area contributed by atoms with Gasteiger partial charge in [-0.1, -0.05) is 24.3 Å². The van der Waals surface area contributed by atoms with Gasteiger partial charge in [0.15, 0.2) is 11.2 Å². The number of fused-ring (bicyclic) bond motifs is 1. The van der Waals surface area contributed by atoms with E-state index in [0.29, 0.717) is 12.3 Å². The summed E-state index contributed by atoms with van der Waals surface area (Å²) in [4.78, 5) is 31.1. The first-order valence-corrected chi connectivity index (χ1v) is 10.3. The minimum Gasteiger partial charge on any atom is -0.376 e. The lowest BCUT2D eigenvalue weighted by Gasteiger charge is -2.15. The lowest BCUT2D eigenvalue weighted by atomic mass is 10.2. The van der Waals surface area contributed by atoms with E-state index >= 15 is 0 Å². The molecule has 0 amide bonds. The van der Waals surface area contributed by atoms with Crippen LogP contribution in [0, 0.1) is 11.6 Å². The first-order valence-electron chi connectivity index (χ1n) is 10.3. The van der Waals surface area contributed by atoms with Crippen LogP contribution in [0.1, 0.15) is 18.4 Å². The average molecular weight is 438 g/mol. The topological polar surface area (TPSA) is 71.0 Å². The van der Waals surface area contributed by atoms with E-state index in [-0.39, 0.29) is 35.9 Å². The van der Waals surface area contributed by atoms with Crippen LogP contribution in [-0.4, -0.2) is 31.4 Å². The van der Waals surface area contributed by atoms with E-state index in [1.165, 1.54) is 21.5 Å². The van der Waals surface area contributed by atoms with Crippen LogP contribution in [0.5, 0.6) is 0 Å². The second-order valence-electron chi connectivity index (χ2n) is 7.78. The molecular weight excluding hydrogens is 418 g/mol. The fourth-order valence-corrected chi connectivity index (χ4v) is 4.10. The molecule has 1 aliphatic heterocycles. The Hall–Kier alpha value is -3.59. The minimum atomic E-state index is -0.720. The summed E-state index contributed by atoms with van der Waals surface area (Å²) in [6, 6.07) is 12.2. The van der Waals surface area contributed by atoms with Gasteiger partial charge in [-0.2, -0.15) is 0 Å². The zero-order valence-electron chi connectivity index (χ0n) is 17.1. The molecule has 2 aromatic heterocycles. The Balaban J connectivity index is 1.72. The molecule has 2 aromatic carbocycles. The summed E-state index contributed by atoms with van der Waals surface area (Å²) in [6.45, 7) is 0.678. The Kier molecular flexibility index (Phi) is 5.18. The summed E-state index contributed by atoms with van der Waals surface area (Å²) in [6.07, 6.45) is 2.79. The van der Waals surface area contributed by atoms with Crippen LogP contribution in [0.2, 0.25) is 0 Å². The number of aromatic nitrogens is 4. The Morgan fingerprint density at radius 3 is 2.62 bits per heavy atom. The molecule has 5 rings (SSSR count). The van der Waals surface area contributed by atoms with Gasteiger partial charge in [0.05, 0.1) is 31.2 Å². The highest BCUT2D eigenvalue weighted by Crippen LogP contribution is 2.18. The maximum absolute atomic E-state index is 14.3. The lowest BCUT2D eigenvalue weighted by molar-refractivity contribution is 0.0950. The van der Waals surface area contributed by atoms with Crippen molar-refractivity contribution in [1.82, 2.24) is 18.7 Å². The number of nitrogens with zero attached hydrogens (tertiary/aromatic N) is 4. The summed E-state index contributed by atoms with van der Waals surface area (Å²) in [5.41, 5.74) is 0.0673. The van der Waals surface area contributed by atoms with Crippen molar-refractivity contribution >= 4 is 11.2 Å². The van der Waals surface area contributed by atoms with Gasteiger partial charge in [-0.25, -0.2) is 23.1 Å². The molecule has 1 fully saturated rings. The molecule has 0 N–H and O–H groups in total. The summed E-state index contributed by atoms with van der Waals surface area (Å²) < 4.78 is 37.2. The van der Waals surface area contributed by atoms with Crippen molar-refractivity contribution in [1.29, 1.82) is 0 Å². The van der Waals surface area contributed by atoms with Gasteiger partial charge in [-0.05, 0) is 31.0 Å². The number of hydrogen-bond donors (Lipinski definition) is 0. The molecule has 0 saturated carbocycles. The van der Waals surface area contributed by atoms with Gasteiger partial charge >= 0.3 is 5.69 Å². The number of hydrogen-bond acceptors (Lipinski definition) is 4. The van der Waals surface area contributed by atoms with Gasteiger partial charge in [-0.15, -0.1) is 0 Å². The van der Waals surface area contributed by atoms with Gasteiger partial charge in [0.25, 0.3) is 5.56 Å². The van der Waals surface area contributed by atoms with E-state index in [1.807, 2.05) is 6.07 Å². The highest BCUT2D eigenvalue weighted by atomic mass is 19.1. The maximum atomic E-state index is 14.3. The largest absolute Gasteiger partial charge is 0.376 e. The van der Waals surface area contributed by atoms with Crippen LogP contribution in [0.4, 0.5) is 8.78 Å². The molecular formula is C23H20F2N4O3. The van der Waals surface area contributed by atoms with Crippen molar-refractivity contribution < 1.29 is 13.5 Å². The monoisotopic (exact) mass is 438 g/mol. The molecule has 9 heteroatoms. The van der Waals surface area contributed by atoms with Gasteiger partial charge in [0, 0.05) is 18.2 Å². The van der Waals surface area contributed by atoms with E-state index in [9.17, 15) is 18.4 Å². The van der Waals surface area contributed by atoms with Gasteiger partial charge in [-0.3, -0.25) is 9.36 Å². The number of rotatable bonds is 5. The SMILES string of the molecule is O=c1c2c(ncn2Cc2ccc(F)cc2F)n(-c2ccccc2)c(=O)n1C[C@H]1CCCO1. The van der Waals surface area contributed by atoms with Crippen molar-refractivity contribution in [3.63, 3.8) is 0 Å². The second kappa shape index (κ2) is 8.16. The molecule has 32 heavy (non-hydrogen) atoms. The van der Waals surface area contributed by atoms with Crippen molar-refractivity contribution in [2.45, 2.75) is 32.0 Å². The van der Waals surface area contributed by atoms with Gasteiger partial charge in [0.1, 0.15) is 11.6 Å². The molecule has 1 aliphatic rings. The molecule has 164 valence electrons. The minimum absolute atomic E-state index is 0.0369. The number of imidazole rings is 1. The van der Waals surface area contributed by atoms with E-state index < -0.39 is 22.9 Å². The number of benzene rings is 2. The summed E-state index contributed by atoms with van der Waals surface area (Å²) in [5.74, 6) is -1.40. The predicted octanol–water partition coefficient (Wildman–Crippen LogP) is 2.85. The highest BCUT2D eigenvalue weighted by Gasteiger charge is 2.23. The molecule has 0 bridgehead atoms. The van der Waals surface area contributed by atoms with Gasteiger partial charge in [0.2, 0.25) is 0 Å². The standard InChI is InChI=1S/C23H20F2N4O3/c24-16-9-8-15(19(25)11-16)12-27-14-26-21-20(27)22(30)28(13-18-7-4-10-32-18)23(31)29(21)17-5-2-1-3-6-17/h1-3,5-6,8-9,11,14,18H,4,7,10,12-13H2/t18-/m1/s1. The molecule has 1 atom stereocenters. The molecule has 0 spiro atoms. The fourth-order valence-electron chi connectivity index (χ4n) is 4.10. The van der Waals surface area contributed by atoms with Crippen molar-refractivity contribution in [2.75, 3.05) is 6.61 Å². The smallest absolute Gasteiger partial charge is 0.337 e. The van der Waals surface area contributed by atoms with Crippen LogP contribution >= 0.6 is 0 Å². The van der Waals surface area contributed by atoms with Crippen LogP contribution in [0.3, 0.4) is 0 Å². The van der Waals surface area contributed by atoms with E-state index in [0.717, 1.165) is 29.5 Å². The molecule has 3 heterocycles. The summed E-state index contributed by atoms with van der Waals surface area (Å²) in [5, 5.41) is 0. The lowest BCUT2D eigenvalue weighted by Crippen LogP contribution is -2.42. The molecule has 1 saturated heterocycles. The maximum Gasteiger partial charge on any atom is 0.337 e. The quantitative estimate of drug-likeness (QED) is 0.481. The fraction of sp³-hybridized carbons (Fsp3) is 0.261. The second-order valence-corrected chi connectivity index (χ2v) is 7.78. The van der Waals surface area contributed by atoms with Crippen molar-refractivity contribution in [3.8, 4) is 5.69 Å². The number of ether oxygens (including phenoxy) is 1. The third kappa shape index (κ3) is 3.54. The molecule has 0 radical (unpaired) electrons. The van der Waals surface area contributed by atoms with Crippen LogP contribution in [-0.2, 0) is 17.8 Å². The van der Waals surface area contributed by atoms with Crippen LogP contribution in [0.25, 0.3) is 16.9 Å². The average Bonchev–Trinajstić information content (AvgIpc) is 3.44. The molecule has 7 nitrogen and oxygen atoms in total. The zero-order valence-corrected chi connectivity index (χ0v) is 17.1. The van der Waals surface area contributed by atoms with Crippen molar-refractivity contribution in [3.05, 3.63) is 92.9 Å². The van der Waals surface area contributed by atoms with Crippen LogP contribution in [0.15, 0.2) is 64.4 Å². The third-order valence-electron chi connectivity index (χ3n) is 5.68. The number of halogens is 2. The first kappa shape index (κ1) is 20.3. The normalized spacial score (nSPS) is 16.1. The number of para-hydroxylation sites is 1. The first-order chi connectivity index (χ1) is 15.5. The molecule has 0 unspecified atom stereocenters. The molecule has 0 aliphatic carbocycles. The Morgan fingerprint density at radius 2 is 1.91 bits per heavy atom. The van der Waals surface area contributed by atoms with Crippen LogP contribution < -0.4 is 11.2 Å².